The number of aromatic nitrogens is 1. The van der Waals surface area contributed by atoms with Gasteiger partial charge in [-0.05, 0) is 67.8 Å². The van der Waals surface area contributed by atoms with E-state index in [4.69, 9.17) is 14.3 Å². The van der Waals surface area contributed by atoms with E-state index in [1.807, 2.05) is 18.2 Å². The van der Waals surface area contributed by atoms with Crippen molar-refractivity contribution in [3.05, 3.63) is 47.2 Å². The maximum absolute atomic E-state index is 12.7. The Hall–Kier alpha value is -2.87. The zero-order valence-corrected chi connectivity index (χ0v) is 22.8. The van der Waals surface area contributed by atoms with Gasteiger partial charge in [0.1, 0.15) is 12.0 Å². The Balaban J connectivity index is 1.30. The smallest absolute Gasteiger partial charge is 0.303 e. The second kappa shape index (κ2) is 14.3. The zero-order chi connectivity index (χ0) is 26.7. The molecule has 1 aliphatic carbocycles. The van der Waals surface area contributed by atoms with Crippen LogP contribution >= 0.6 is 0 Å². The number of likely N-dealkylation sites (tertiary alicyclic amines) is 1. The van der Waals surface area contributed by atoms with E-state index < -0.39 is 5.97 Å². The van der Waals surface area contributed by atoms with E-state index in [9.17, 15) is 9.59 Å². The molecule has 0 bridgehead atoms. The number of hydrogen-bond donors (Lipinski definition) is 2. The summed E-state index contributed by atoms with van der Waals surface area (Å²) in [6.07, 6.45) is 15.2. The van der Waals surface area contributed by atoms with Crippen molar-refractivity contribution in [2.75, 3.05) is 20.2 Å². The van der Waals surface area contributed by atoms with E-state index in [1.165, 1.54) is 44.8 Å². The monoisotopic (exact) mass is 525 g/mol. The van der Waals surface area contributed by atoms with Gasteiger partial charge in [0.15, 0.2) is 5.69 Å². The van der Waals surface area contributed by atoms with Crippen LogP contribution in [-0.2, 0) is 17.8 Å². The Morgan fingerprint density at radius 1 is 1.11 bits per heavy atom. The predicted octanol–water partition coefficient (Wildman–Crippen LogP) is 5.91. The van der Waals surface area contributed by atoms with Crippen LogP contribution in [0.2, 0.25) is 0 Å². The summed E-state index contributed by atoms with van der Waals surface area (Å²) in [6, 6.07) is 6.00. The molecule has 8 nitrogen and oxygen atoms in total. The Bertz CT molecular complexity index is 1050. The molecule has 1 saturated carbocycles. The summed E-state index contributed by atoms with van der Waals surface area (Å²) in [7, 11) is 1.65. The van der Waals surface area contributed by atoms with Gasteiger partial charge in [0.05, 0.1) is 13.2 Å². The van der Waals surface area contributed by atoms with Crippen molar-refractivity contribution < 1.29 is 23.8 Å². The number of amides is 1. The van der Waals surface area contributed by atoms with Crippen LogP contribution < -0.4 is 10.1 Å². The number of aliphatic carboxylic acids is 1. The molecule has 1 aromatic heterocycles. The average molecular weight is 526 g/mol. The van der Waals surface area contributed by atoms with Crippen molar-refractivity contribution in [2.24, 2.45) is 5.92 Å². The van der Waals surface area contributed by atoms with Gasteiger partial charge in [-0.3, -0.25) is 14.5 Å². The lowest BCUT2D eigenvalue weighted by atomic mass is 9.86. The Kier molecular flexibility index (Phi) is 10.6. The van der Waals surface area contributed by atoms with Gasteiger partial charge in [0.25, 0.3) is 5.91 Å². The molecular weight excluding hydrogens is 482 g/mol. The fourth-order valence-corrected chi connectivity index (χ4v) is 5.94. The Labute approximate surface area is 226 Å². The van der Waals surface area contributed by atoms with Crippen molar-refractivity contribution >= 4 is 11.9 Å². The number of nitrogens with zero attached hydrogens (tertiary/aromatic N) is 2. The molecule has 38 heavy (non-hydrogen) atoms. The number of carboxylic acids is 1. The summed E-state index contributed by atoms with van der Waals surface area (Å²) in [4.78, 5) is 30.5. The lowest BCUT2D eigenvalue weighted by Gasteiger charge is -2.23. The minimum absolute atomic E-state index is 0.00474. The lowest BCUT2D eigenvalue weighted by molar-refractivity contribution is -0.137. The van der Waals surface area contributed by atoms with Gasteiger partial charge in [-0.1, -0.05) is 51.0 Å². The third-order valence-electron chi connectivity index (χ3n) is 8.08. The molecule has 1 aliphatic heterocycles. The van der Waals surface area contributed by atoms with Crippen LogP contribution in [0.5, 0.6) is 5.75 Å². The van der Waals surface area contributed by atoms with Crippen molar-refractivity contribution in [1.29, 1.82) is 0 Å². The summed E-state index contributed by atoms with van der Waals surface area (Å²) in [5.74, 6) is 1.30. The van der Waals surface area contributed by atoms with Gasteiger partial charge < -0.3 is 19.6 Å². The first kappa shape index (κ1) is 28.1. The maximum atomic E-state index is 12.7. The molecule has 2 N–H and O–H groups in total. The Morgan fingerprint density at radius 3 is 2.74 bits per heavy atom. The zero-order valence-electron chi connectivity index (χ0n) is 22.8. The van der Waals surface area contributed by atoms with Gasteiger partial charge in [-0.15, -0.1) is 0 Å². The van der Waals surface area contributed by atoms with Gasteiger partial charge in [-0.2, -0.15) is 0 Å². The quantitative estimate of drug-likeness (QED) is 0.296. The van der Waals surface area contributed by atoms with Crippen molar-refractivity contribution in [3.8, 4) is 5.75 Å². The van der Waals surface area contributed by atoms with Gasteiger partial charge in [0.2, 0.25) is 5.89 Å². The molecule has 2 aromatic rings. The Morgan fingerprint density at radius 2 is 1.95 bits per heavy atom. The number of rotatable bonds is 14. The fourth-order valence-electron chi connectivity index (χ4n) is 5.94. The molecule has 4 rings (SSSR count). The number of carbonyl (C=O) groups excluding carboxylic acids is 1. The minimum atomic E-state index is -0.775. The van der Waals surface area contributed by atoms with Crippen molar-refractivity contribution in [3.63, 3.8) is 0 Å². The van der Waals surface area contributed by atoms with E-state index in [0.29, 0.717) is 37.5 Å². The molecular formula is C30H43N3O5. The second-order valence-electron chi connectivity index (χ2n) is 10.8. The first-order chi connectivity index (χ1) is 18.5. The number of hydrogen-bond acceptors (Lipinski definition) is 6. The number of benzene rings is 1. The lowest BCUT2D eigenvalue weighted by Crippen LogP contribution is -2.26. The van der Waals surface area contributed by atoms with E-state index in [2.05, 4.69) is 15.2 Å². The number of methoxy groups -OCH3 is 1. The number of ether oxygens (including phenoxy) is 1. The number of aryl methyl sites for hydroxylation is 1. The molecule has 208 valence electrons. The van der Waals surface area contributed by atoms with Crippen molar-refractivity contribution in [1.82, 2.24) is 15.2 Å². The summed E-state index contributed by atoms with van der Waals surface area (Å²) >= 11 is 0. The molecule has 1 aromatic carbocycles. The van der Waals surface area contributed by atoms with Crippen LogP contribution in [0.15, 0.2) is 28.9 Å². The largest absolute Gasteiger partial charge is 0.497 e. The van der Waals surface area contributed by atoms with E-state index in [-0.39, 0.29) is 18.4 Å². The molecule has 1 amide bonds. The van der Waals surface area contributed by atoms with Crippen LogP contribution in [0, 0.1) is 5.92 Å². The van der Waals surface area contributed by atoms with Crippen LogP contribution in [-0.4, -0.2) is 47.1 Å². The van der Waals surface area contributed by atoms with E-state index in [0.717, 1.165) is 55.0 Å². The normalized spacial score (nSPS) is 18.5. The molecule has 1 unspecified atom stereocenters. The SMILES string of the molecule is COc1ccc(CCCC(=O)O)c(CN2CCCC2c2nc(C(=O)NCCCCC3CCCCC3)co2)c1. The highest BCUT2D eigenvalue weighted by atomic mass is 16.5. The third kappa shape index (κ3) is 8.06. The summed E-state index contributed by atoms with van der Waals surface area (Å²) in [5, 5.41) is 12.0. The van der Waals surface area contributed by atoms with Crippen LogP contribution in [0.1, 0.15) is 111 Å². The molecule has 2 heterocycles. The minimum Gasteiger partial charge on any atom is -0.497 e. The highest BCUT2D eigenvalue weighted by molar-refractivity contribution is 5.91. The van der Waals surface area contributed by atoms with E-state index in [1.54, 1.807) is 7.11 Å². The number of unbranched alkanes of at least 4 members (excludes halogenated alkanes) is 1. The van der Waals surface area contributed by atoms with Crippen LogP contribution in [0.4, 0.5) is 0 Å². The van der Waals surface area contributed by atoms with E-state index >= 15 is 0 Å². The average Bonchev–Trinajstić information content (AvgIpc) is 3.59. The highest BCUT2D eigenvalue weighted by Crippen LogP contribution is 2.34. The number of carbonyl (C=O) groups is 2. The molecule has 1 saturated heterocycles. The maximum Gasteiger partial charge on any atom is 0.303 e. The fraction of sp³-hybridized carbons (Fsp3) is 0.633. The van der Waals surface area contributed by atoms with Crippen LogP contribution in [0.25, 0.3) is 0 Å². The second-order valence-corrected chi connectivity index (χ2v) is 10.8. The summed E-state index contributed by atoms with van der Waals surface area (Å²) in [6.45, 7) is 2.26. The first-order valence-corrected chi connectivity index (χ1v) is 14.4. The standard InChI is InChI=1S/C30H43N3O5/c1-37-25-16-15-23(12-7-14-28(34)35)24(19-25)20-33-18-8-13-27(33)30-32-26(21-38-30)29(36)31-17-6-5-11-22-9-3-2-4-10-22/h15-16,19,21-22,27H,2-14,17-18,20H2,1H3,(H,31,36)(H,34,35). The number of oxazole rings is 1. The number of nitrogens with one attached hydrogen (secondary N) is 1. The molecule has 1 atom stereocenters. The van der Waals surface area contributed by atoms with Gasteiger partial charge in [-0.25, -0.2) is 4.98 Å². The molecule has 0 radical (unpaired) electrons. The summed E-state index contributed by atoms with van der Waals surface area (Å²) in [5.41, 5.74) is 2.60. The predicted molar refractivity (Wildman–Crippen MR) is 145 cm³/mol. The molecule has 2 aliphatic rings. The molecule has 0 spiro atoms. The molecule has 8 heteroatoms. The first-order valence-electron chi connectivity index (χ1n) is 14.4. The van der Waals surface area contributed by atoms with Gasteiger partial charge >= 0.3 is 5.97 Å². The third-order valence-corrected chi connectivity index (χ3v) is 8.08. The van der Waals surface area contributed by atoms with Crippen LogP contribution in [0.3, 0.4) is 0 Å². The van der Waals surface area contributed by atoms with Gasteiger partial charge in [0, 0.05) is 19.5 Å². The number of carboxylic acid groups (broad SMARTS) is 1. The topological polar surface area (TPSA) is 105 Å². The highest BCUT2D eigenvalue weighted by Gasteiger charge is 2.31. The summed E-state index contributed by atoms with van der Waals surface area (Å²) < 4.78 is 11.3. The van der Waals surface area contributed by atoms with Crippen molar-refractivity contribution in [2.45, 2.75) is 96.1 Å². The molecule has 2 fully saturated rings.